The first-order valence-electron chi connectivity index (χ1n) is 7.28. The van der Waals surface area contributed by atoms with Crippen LogP contribution in [0.2, 0.25) is 0 Å². The molecule has 0 bridgehead atoms. The quantitative estimate of drug-likeness (QED) is 0.879. The fraction of sp³-hybridized carbons (Fsp3) is 0.294. The molecular weight excluding hydrogens is 294 g/mol. The largest absolute Gasteiger partial charge is 0.366 e. The van der Waals surface area contributed by atoms with Crippen LogP contribution in [0.25, 0.3) is 11.1 Å². The Kier molecular flexibility index (Phi) is 3.03. The van der Waals surface area contributed by atoms with Crippen molar-refractivity contribution in [1.82, 2.24) is 9.88 Å². The number of nitrogens with zero attached hydrogens (tertiary/aromatic N) is 3. The zero-order valence-electron chi connectivity index (χ0n) is 12.5. The molecule has 2 aromatic rings. The highest BCUT2D eigenvalue weighted by atomic mass is 32.2. The normalized spacial score (nSPS) is 28.0. The number of rotatable bonds is 1. The summed E-state index contributed by atoms with van der Waals surface area (Å²) in [6.45, 7) is 0. The van der Waals surface area contributed by atoms with Crippen molar-refractivity contribution < 1.29 is 5.11 Å². The summed E-state index contributed by atoms with van der Waals surface area (Å²) >= 11 is 1.66. The lowest BCUT2D eigenvalue weighted by atomic mass is 9.99. The third kappa shape index (κ3) is 1.76. The van der Waals surface area contributed by atoms with Crippen LogP contribution in [0.1, 0.15) is 11.1 Å². The molecule has 1 aromatic heterocycles. The van der Waals surface area contributed by atoms with Crippen molar-refractivity contribution in [2.75, 3.05) is 14.1 Å². The van der Waals surface area contributed by atoms with E-state index in [1.54, 1.807) is 25.0 Å². The second-order valence-electron chi connectivity index (χ2n) is 5.72. The van der Waals surface area contributed by atoms with Crippen LogP contribution in [0.4, 0.5) is 0 Å². The van der Waals surface area contributed by atoms with E-state index in [9.17, 15) is 5.11 Å². The van der Waals surface area contributed by atoms with Crippen molar-refractivity contribution >= 4 is 16.9 Å². The molecule has 0 amide bonds. The predicted molar refractivity (Wildman–Crippen MR) is 89.8 cm³/mol. The van der Waals surface area contributed by atoms with E-state index in [0.717, 1.165) is 28.3 Å². The van der Waals surface area contributed by atoms with E-state index >= 15 is 0 Å². The Morgan fingerprint density at radius 2 is 2.23 bits per heavy atom. The molecule has 1 aromatic carbocycles. The van der Waals surface area contributed by atoms with Gasteiger partial charge in [0, 0.05) is 32.1 Å². The molecule has 2 aliphatic rings. The van der Waals surface area contributed by atoms with E-state index < -0.39 is 5.72 Å². The van der Waals surface area contributed by atoms with Crippen LogP contribution in [0.5, 0.6) is 0 Å². The molecule has 0 spiro atoms. The molecule has 2 atom stereocenters. The van der Waals surface area contributed by atoms with Gasteiger partial charge in [-0.3, -0.25) is 9.98 Å². The van der Waals surface area contributed by atoms with E-state index in [-0.39, 0.29) is 5.25 Å². The molecule has 112 valence electrons. The summed E-state index contributed by atoms with van der Waals surface area (Å²) in [7, 11) is 3.69. The van der Waals surface area contributed by atoms with Gasteiger partial charge in [0.25, 0.3) is 0 Å². The van der Waals surface area contributed by atoms with Crippen LogP contribution < -0.4 is 0 Å². The second kappa shape index (κ2) is 4.83. The lowest BCUT2D eigenvalue weighted by Gasteiger charge is -2.31. The standard InChI is InChI=1S/C17H17N3OS/c1-18-16-20(2)17(21)14-6-5-11(12-4-3-7-19-10-12)8-13(14)9-15(17)22-16/h3-8,10,15,21H,9H2,1-2H3. The molecule has 1 fully saturated rings. The number of benzene rings is 1. The van der Waals surface area contributed by atoms with Crippen LogP contribution in [0.15, 0.2) is 47.7 Å². The zero-order chi connectivity index (χ0) is 15.3. The number of pyridine rings is 1. The van der Waals surface area contributed by atoms with Crippen molar-refractivity contribution in [1.29, 1.82) is 0 Å². The Morgan fingerprint density at radius 3 is 2.95 bits per heavy atom. The van der Waals surface area contributed by atoms with Crippen LogP contribution >= 0.6 is 11.8 Å². The monoisotopic (exact) mass is 311 g/mol. The summed E-state index contributed by atoms with van der Waals surface area (Å²) in [4.78, 5) is 10.4. The third-order valence-corrected chi connectivity index (χ3v) is 6.04. The highest BCUT2D eigenvalue weighted by Gasteiger charge is 2.55. The molecular formula is C17H17N3OS. The summed E-state index contributed by atoms with van der Waals surface area (Å²) in [6.07, 6.45) is 4.50. The van der Waals surface area contributed by atoms with Crippen molar-refractivity contribution in [2.45, 2.75) is 17.4 Å². The molecule has 4 nitrogen and oxygen atoms in total. The Balaban J connectivity index is 1.79. The molecule has 2 heterocycles. The molecule has 5 heteroatoms. The summed E-state index contributed by atoms with van der Waals surface area (Å²) in [5.74, 6) is 0. The minimum atomic E-state index is -0.942. The summed E-state index contributed by atoms with van der Waals surface area (Å²) < 4.78 is 0. The number of aromatic nitrogens is 1. The minimum absolute atomic E-state index is 0.107. The summed E-state index contributed by atoms with van der Waals surface area (Å²) in [5, 5.41) is 12.2. The molecule has 2 unspecified atom stereocenters. The number of hydrogen-bond acceptors (Lipinski definition) is 4. The van der Waals surface area contributed by atoms with Gasteiger partial charge in [0.1, 0.15) is 0 Å². The molecule has 0 saturated carbocycles. The smallest absolute Gasteiger partial charge is 0.178 e. The van der Waals surface area contributed by atoms with Crippen LogP contribution in [-0.4, -0.2) is 39.5 Å². The Bertz CT molecular complexity index is 762. The van der Waals surface area contributed by atoms with Gasteiger partial charge in [-0.2, -0.15) is 0 Å². The number of thioether (sulfide) groups is 1. The average Bonchev–Trinajstić information content (AvgIpc) is 2.98. The maximum atomic E-state index is 11.2. The zero-order valence-corrected chi connectivity index (χ0v) is 13.3. The van der Waals surface area contributed by atoms with Gasteiger partial charge in [-0.05, 0) is 29.2 Å². The molecule has 22 heavy (non-hydrogen) atoms. The fourth-order valence-electron chi connectivity index (χ4n) is 3.43. The molecule has 1 aliphatic carbocycles. The Labute approximate surface area is 133 Å². The number of hydrogen-bond donors (Lipinski definition) is 1. The van der Waals surface area contributed by atoms with Gasteiger partial charge in [0.05, 0.1) is 5.25 Å². The first-order valence-corrected chi connectivity index (χ1v) is 8.16. The number of amidine groups is 1. The van der Waals surface area contributed by atoms with Gasteiger partial charge in [-0.25, -0.2) is 0 Å². The molecule has 1 saturated heterocycles. The number of aliphatic imine (C=N–C) groups is 1. The van der Waals surface area contributed by atoms with Crippen molar-refractivity contribution in [3.05, 3.63) is 53.9 Å². The topological polar surface area (TPSA) is 48.7 Å². The van der Waals surface area contributed by atoms with Crippen LogP contribution in [0.3, 0.4) is 0 Å². The first kappa shape index (κ1) is 13.8. The van der Waals surface area contributed by atoms with E-state index in [1.807, 2.05) is 30.3 Å². The van der Waals surface area contributed by atoms with E-state index in [0.29, 0.717) is 0 Å². The van der Waals surface area contributed by atoms with Gasteiger partial charge in [0.2, 0.25) is 0 Å². The van der Waals surface area contributed by atoms with Crippen molar-refractivity contribution in [3.8, 4) is 11.1 Å². The molecule has 1 aliphatic heterocycles. The van der Waals surface area contributed by atoms with E-state index in [4.69, 9.17) is 0 Å². The summed E-state index contributed by atoms with van der Waals surface area (Å²) in [6, 6.07) is 10.3. The fourth-order valence-corrected chi connectivity index (χ4v) is 4.79. The van der Waals surface area contributed by atoms with Crippen LogP contribution in [0, 0.1) is 0 Å². The summed E-state index contributed by atoms with van der Waals surface area (Å²) in [5.41, 5.74) is 3.52. The number of aliphatic hydroxyl groups is 1. The van der Waals surface area contributed by atoms with E-state index in [2.05, 4.69) is 28.2 Å². The van der Waals surface area contributed by atoms with Crippen molar-refractivity contribution in [3.63, 3.8) is 0 Å². The third-order valence-electron chi connectivity index (χ3n) is 4.59. The van der Waals surface area contributed by atoms with Gasteiger partial charge in [0.15, 0.2) is 10.9 Å². The van der Waals surface area contributed by atoms with Gasteiger partial charge < -0.3 is 10.0 Å². The Morgan fingerprint density at radius 1 is 1.36 bits per heavy atom. The highest BCUT2D eigenvalue weighted by molar-refractivity contribution is 8.14. The molecule has 0 radical (unpaired) electrons. The lowest BCUT2D eigenvalue weighted by Crippen LogP contribution is -2.44. The lowest BCUT2D eigenvalue weighted by molar-refractivity contribution is -0.0496. The maximum absolute atomic E-state index is 11.2. The van der Waals surface area contributed by atoms with Crippen LogP contribution in [-0.2, 0) is 12.1 Å². The molecule has 1 N–H and O–H groups in total. The SMILES string of the molecule is CN=C1SC2Cc3cc(-c4cccnc4)ccc3C2(O)N1C. The van der Waals surface area contributed by atoms with E-state index in [1.165, 1.54) is 5.56 Å². The minimum Gasteiger partial charge on any atom is -0.366 e. The van der Waals surface area contributed by atoms with Crippen molar-refractivity contribution in [2.24, 2.45) is 4.99 Å². The number of fused-ring (bicyclic) bond motifs is 3. The Hall–Kier alpha value is -1.85. The highest BCUT2D eigenvalue weighted by Crippen LogP contribution is 2.51. The maximum Gasteiger partial charge on any atom is 0.178 e. The van der Waals surface area contributed by atoms with Gasteiger partial charge >= 0.3 is 0 Å². The molecule has 4 rings (SSSR count). The predicted octanol–water partition coefficient (Wildman–Crippen LogP) is 2.48. The van der Waals surface area contributed by atoms with Gasteiger partial charge in [-0.15, -0.1) is 0 Å². The first-order chi connectivity index (χ1) is 10.6. The average molecular weight is 311 g/mol. The van der Waals surface area contributed by atoms with Gasteiger partial charge in [-0.1, -0.05) is 36.0 Å². The second-order valence-corrected chi connectivity index (χ2v) is 6.89.